The predicted octanol–water partition coefficient (Wildman–Crippen LogP) is 1.92. The van der Waals surface area contributed by atoms with Gasteiger partial charge in [0.15, 0.2) is 0 Å². The summed E-state index contributed by atoms with van der Waals surface area (Å²) in [6.07, 6.45) is 6.10. The second kappa shape index (κ2) is 46.7. The van der Waals surface area contributed by atoms with Crippen LogP contribution in [0.3, 0.4) is 0 Å². The minimum atomic E-state index is -3.36. The molecule has 11 N–H and O–H groups in total. The number of nitroso groups, excluding NO2 is 1. The van der Waals surface area contributed by atoms with Gasteiger partial charge in [-0.1, -0.05) is 46.9 Å². The summed E-state index contributed by atoms with van der Waals surface area (Å²) in [5, 5.41) is 42.4. The van der Waals surface area contributed by atoms with Crippen LogP contribution in [-0.2, 0) is 53.6 Å². The van der Waals surface area contributed by atoms with E-state index >= 15 is 0 Å². The van der Waals surface area contributed by atoms with E-state index in [2.05, 4.69) is 36.6 Å². The van der Waals surface area contributed by atoms with Gasteiger partial charge in [0.1, 0.15) is 53.3 Å². The molecule has 509 valence electrons. The first kappa shape index (κ1) is 86.6. The van der Waals surface area contributed by atoms with E-state index in [9.17, 15) is 63.7 Å². The summed E-state index contributed by atoms with van der Waals surface area (Å²) in [4.78, 5) is 102. The fraction of sp³-hybridized carbons (Fsp3) is 0.207. The average molecular weight is 1690 g/mol. The van der Waals surface area contributed by atoms with Crippen LogP contribution in [0.25, 0.3) is 11.4 Å². The Bertz CT molecular complexity index is 4100. The molecule has 7 rings (SSSR count). The minimum absolute atomic E-state index is 0. The van der Waals surface area contributed by atoms with Crippen molar-refractivity contribution in [2.45, 2.75) is 37.4 Å². The number of nitrogens with two attached hydrogens (primary N) is 2. The normalized spacial score (nSPS) is 11.3. The van der Waals surface area contributed by atoms with Gasteiger partial charge in [0, 0.05) is 124 Å². The molecule has 0 spiro atoms. The summed E-state index contributed by atoms with van der Waals surface area (Å²) < 4.78 is 80.9. The van der Waals surface area contributed by atoms with Crippen molar-refractivity contribution in [3.05, 3.63) is 211 Å². The monoisotopic (exact) mass is 1680 g/mol. The summed E-state index contributed by atoms with van der Waals surface area (Å²) >= 11 is 17.1. The number of aromatic nitrogens is 2. The van der Waals surface area contributed by atoms with E-state index in [1.54, 1.807) is 144 Å². The van der Waals surface area contributed by atoms with Crippen molar-refractivity contribution < 1.29 is 135 Å². The number of halogens is 3. The maximum absolute atomic E-state index is 12.9. The molecule has 0 saturated heterocycles. The van der Waals surface area contributed by atoms with Crippen LogP contribution in [0.4, 0.5) is 38.0 Å². The van der Waals surface area contributed by atoms with E-state index in [4.69, 9.17) is 69.2 Å². The van der Waals surface area contributed by atoms with Crippen molar-refractivity contribution >= 4 is 137 Å². The van der Waals surface area contributed by atoms with E-state index in [1.807, 2.05) is 18.2 Å². The molecule has 29 nitrogen and oxygen atoms in total. The number of pyridine rings is 2. The second-order valence-corrected chi connectivity index (χ2v) is 27.1. The number of carbonyl (C=O) groups is 6. The van der Waals surface area contributed by atoms with Gasteiger partial charge in [-0.15, -0.1) is 4.91 Å². The number of carboxylic acid groups (broad SMARTS) is 2. The van der Waals surface area contributed by atoms with E-state index in [-0.39, 0.29) is 115 Å². The molecule has 0 bridgehead atoms. The van der Waals surface area contributed by atoms with Gasteiger partial charge in [0.25, 0.3) is 17.6 Å². The molecule has 5 aromatic carbocycles. The van der Waals surface area contributed by atoms with Gasteiger partial charge in [0.05, 0.1) is 25.6 Å². The molecule has 0 fully saturated rings. The number of hydrogen-bond acceptors (Lipinski definition) is 20. The van der Waals surface area contributed by atoms with E-state index in [0.717, 1.165) is 24.5 Å². The van der Waals surface area contributed by atoms with Crippen molar-refractivity contribution in [2.24, 2.45) is 10.9 Å². The molecule has 3 atom stereocenters. The largest absolute Gasteiger partial charge is 1.00 e. The number of benzene rings is 5. The van der Waals surface area contributed by atoms with Gasteiger partial charge < -0.3 is 58.4 Å². The molecule has 0 aliphatic rings. The van der Waals surface area contributed by atoms with Crippen LogP contribution in [0.15, 0.2) is 185 Å². The molecule has 0 aliphatic carbocycles. The molecular weight excluding hydrogens is 1620 g/mol. The Morgan fingerprint density at radius 2 is 0.927 bits per heavy atom. The van der Waals surface area contributed by atoms with Gasteiger partial charge in [-0.3, -0.25) is 33.1 Å². The van der Waals surface area contributed by atoms with Crippen LogP contribution in [0.1, 0.15) is 19.3 Å². The maximum atomic E-state index is 12.9. The van der Waals surface area contributed by atoms with Crippen LogP contribution in [-0.4, -0.2) is 146 Å². The van der Waals surface area contributed by atoms with Crippen molar-refractivity contribution in [2.75, 3.05) is 57.7 Å². The molecule has 38 heteroatoms. The van der Waals surface area contributed by atoms with Crippen LogP contribution in [0.5, 0.6) is 0 Å². The second-order valence-electron chi connectivity index (χ2n) is 19.1. The molecule has 0 saturated carbocycles. The molecule has 2 heterocycles. The number of anilines is 4. The summed E-state index contributed by atoms with van der Waals surface area (Å²) in [5.41, 5.74) is 14.2. The number of urea groups is 2. The van der Waals surface area contributed by atoms with Gasteiger partial charge in [0.2, 0.25) is 5.91 Å². The quantitative estimate of drug-likeness (QED) is 0.0124. The zero-order valence-corrected chi connectivity index (χ0v) is 62.4. The Kier molecular flexibility index (Phi) is 42.1. The van der Waals surface area contributed by atoms with Crippen molar-refractivity contribution in [3.8, 4) is 11.4 Å². The maximum Gasteiger partial charge on any atom is 1.00 e. The number of hydrogen-bond donors (Lipinski definition) is 9. The van der Waals surface area contributed by atoms with Gasteiger partial charge >= 0.3 is 53.6 Å². The fourth-order valence-electron chi connectivity index (χ4n) is 6.72. The van der Waals surface area contributed by atoms with E-state index in [0.29, 0.717) is 57.5 Å². The zero-order valence-electron chi connectivity index (χ0n) is 53.5. The fourth-order valence-corrected chi connectivity index (χ4v) is 9.11. The first-order chi connectivity index (χ1) is 45.0. The summed E-state index contributed by atoms with van der Waals surface area (Å²) in [7, 11) is -9.26. The number of nitrogens with one attached hydrogen (secondary N) is 5. The first-order valence-corrected chi connectivity index (χ1v) is 33.8. The molecule has 1 radical (unpaired) electrons. The number of nitrogens with zero attached hydrogens (tertiary/aromatic N) is 3. The molecule has 7 aromatic rings. The number of carboxylic acids is 2. The smallest absolute Gasteiger partial charge is 0.662 e. The predicted molar refractivity (Wildman–Crippen MR) is 361 cm³/mol. The minimum Gasteiger partial charge on any atom is -0.662 e. The van der Waals surface area contributed by atoms with Gasteiger partial charge in [-0.25, -0.2) is 39.6 Å². The van der Waals surface area contributed by atoms with Gasteiger partial charge in [-0.05, 0) is 161 Å². The third kappa shape index (κ3) is 40.2. The third-order valence-electron chi connectivity index (χ3n) is 11.3. The number of nitrogen functional groups attached to an aromatic ring is 1. The standard InChI is InChI=1S/C23H23ClN4O5S.C12H15ClN2O5S.C11H10N2O.C6H4ClNO.C5H11NO4S.CH2O3.BH2.Na.U/c1-34(32,33)15-13-20(27-23(31)26-18-7-5-16(24)6-8-18)22(30)25-17-9-11-19(12-10-17)28-14-3-2-4-21(28)29;1-21(19,20)7-6-10(11(16)17)15-12(18)14-9-4-2-8(13)3-5-9;12-9-4-6-10(7-5-9)13-8-2-1-3-11(13)14;7-5-1-3-6(8-9)4-2-5;1-11(9,10)3-2-4(6)5(7)8;2-1-4-3;;;/h2-12,14,20H,13,15H2,1H3,(H,25,30)(H2,26,27,31);2-5,10H,6-7H2,1H3,(H,16,17)(H2,14,15,18);1-8H,12H2;1-4H;4H,2-3,6H2,1H3,(H,7,8);1,3H;1H2;;/q;;;;;;;+1;/p-1/i;;;;;;1T2;;. The average Bonchev–Trinajstić information content (AvgIpc) is 1.18. The number of amides is 5. The Morgan fingerprint density at radius 1 is 0.594 bits per heavy atom. The zero-order chi connectivity index (χ0) is 72.6. The number of aliphatic carboxylic acids is 2. The SMILES string of the molecule is CS(=O)(=O)CCC(N)C(=O)O.CS(=O)(=O)CCC(NC(=O)Nc1ccc(Cl)cc1)C(=O)Nc1ccc(-n2ccccc2=O)cc1.CS(=O)(=O)CCC(NC(=O)Nc1ccc(Cl)cc1)C(=O)O.Nc1ccc(-n2ccccc2=O)cc1.O=CO[O-].O=Nc1ccc(Cl)cc1.[3H][B][3H].[Na+].[U]. The summed E-state index contributed by atoms with van der Waals surface area (Å²) in [6.45, 7) is -0.181. The Morgan fingerprint density at radius 3 is 1.27 bits per heavy atom. The van der Waals surface area contributed by atoms with Crippen LogP contribution < -0.4 is 84.0 Å². The summed E-state index contributed by atoms with van der Waals surface area (Å²) in [5.74, 6) is -3.86. The van der Waals surface area contributed by atoms with E-state index < -0.39 is 77.5 Å². The Balaban J connectivity index is 0. The van der Waals surface area contributed by atoms with Crippen LogP contribution in [0.2, 0.25) is 15.1 Å². The molecule has 0 aliphatic heterocycles. The molecule has 2 aromatic heterocycles. The molecular formula is C58H66BCl3N10NaO19S3U. The topological polar surface area (TPSA) is 463 Å². The van der Waals surface area contributed by atoms with Crippen LogP contribution >= 0.6 is 34.8 Å². The van der Waals surface area contributed by atoms with Gasteiger partial charge in [-0.2, -0.15) is 0 Å². The Labute approximate surface area is 617 Å². The molecule has 96 heavy (non-hydrogen) atoms. The molecule has 5 amide bonds. The summed E-state index contributed by atoms with van der Waals surface area (Å²) in [6, 6.07) is 37.7. The number of sulfone groups is 3. The molecule has 3 unspecified atom stereocenters. The van der Waals surface area contributed by atoms with Crippen molar-refractivity contribution in [3.63, 3.8) is 0 Å². The number of carbonyl (C=O) groups excluding carboxylic acids is 4. The van der Waals surface area contributed by atoms with Crippen molar-refractivity contribution in [1.82, 2.24) is 19.8 Å². The first-order valence-electron chi connectivity index (χ1n) is 27.6. The third-order valence-corrected chi connectivity index (χ3v) is 15.0. The van der Waals surface area contributed by atoms with E-state index in [1.165, 1.54) is 16.7 Å². The Hall–Kier alpha value is -7.42. The van der Waals surface area contributed by atoms with Crippen molar-refractivity contribution in [1.29, 1.82) is 2.67 Å². The van der Waals surface area contributed by atoms with Crippen LogP contribution in [0, 0.1) is 36.0 Å². The number of rotatable bonds is 21.